The molecule has 0 aliphatic carbocycles. The number of carbonyl (C=O) groups excluding carboxylic acids is 2. The minimum atomic E-state index is -4.54. The lowest BCUT2D eigenvalue weighted by Crippen LogP contribution is -2.49. The molecule has 3 heterocycles. The standard InChI is InChI=1S/C29H29ClF3N5O3S/c1-28(2,3)41-27(40)35-21-5-4-10-37(16-21)26-36-25(39)24(42-26)12-17-6-9-23-19(11-17)14-34-38(23)15-18-7-8-20(30)13-22(18)29(31,32)33/h6-9,11-14,21H,4-5,10,15-16H2,1-3H3,(H,35,40). The van der Waals surface area contributed by atoms with Gasteiger partial charge in [-0.05, 0) is 86.8 Å². The summed E-state index contributed by atoms with van der Waals surface area (Å²) < 4.78 is 47.5. The number of carbonyl (C=O) groups is 2. The van der Waals surface area contributed by atoms with Gasteiger partial charge >= 0.3 is 12.3 Å². The molecule has 1 saturated heterocycles. The quantitative estimate of drug-likeness (QED) is 0.326. The van der Waals surface area contributed by atoms with Crippen LogP contribution in [-0.2, 0) is 22.3 Å². The van der Waals surface area contributed by atoms with Gasteiger partial charge in [-0.25, -0.2) is 4.79 Å². The predicted molar refractivity (Wildman–Crippen MR) is 157 cm³/mol. The molecule has 222 valence electrons. The van der Waals surface area contributed by atoms with Crippen LogP contribution in [0.25, 0.3) is 17.0 Å². The molecule has 2 aromatic carbocycles. The normalized spacial score (nSPS) is 19.0. The van der Waals surface area contributed by atoms with Gasteiger partial charge in [-0.3, -0.25) is 9.48 Å². The zero-order valence-corrected chi connectivity index (χ0v) is 24.7. The van der Waals surface area contributed by atoms with Gasteiger partial charge in [0.15, 0.2) is 5.17 Å². The van der Waals surface area contributed by atoms with Gasteiger partial charge < -0.3 is 15.0 Å². The number of hydrogen-bond donors (Lipinski definition) is 1. The zero-order chi connectivity index (χ0) is 30.2. The van der Waals surface area contributed by atoms with E-state index in [1.807, 2.05) is 11.0 Å². The second-order valence-corrected chi connectivity index (χ2v) is 12.6. The Balaban J connectivity index is 1.27. The lowest BCUT2D eigenvalue weighted by molar-refractivity contribution is -0.138. The first-order valence-corrected chi connectivity index (χ1v) is 14.5. The molecule has 0 radical (unpaired) electrons. The Bertz CT molecular complexity index is 1600. The lowest BCUT2D eigenvalue weighted by atomic mass is 10.1. The molecule has 0 spiro atoms. The van der Waals surface area contributed by atoms with E-state index in [2.05, 4.69) is 15.4 Å². The van der Waals surface area contributed by atoms with Crippen LogP contribution >= 0.6 is 23.4 Å². The van der Waals surface area contributed by atoms with E-state index in [4.69, 9.17) is 16.3 Å². The Hall–Kier alpha value is -3.51. The molecule has 13 heteroatoms. The molecule has 1 fully saturated rings. The third-order valence-corrected chi connectivity index (χ3v) is 7.96. The molecule has 2 amide bonds. The van der Waals surface area contributed by atoms with Gasteiger partial charge in [-0.15, -0.1) is 0 Å². The number of ether oxygens (including phenoxy) is 1. The Morgan fingerprint density at radius 2 is 2.00 bits per heavy atom. The number of fused-ring (bicyclic) bond motifs is 1. The molecule has 1 unspecified atom stereocenters. The summed E-state index contributed by atoms with van der Waals surface area (Å²) in [6, 6.07) is 8.95. The fraction of sp³-hybridized carbons (Fsp3) is 0.379. The summed E-state index contributed by atoms with van der Waals surface area (Å²) in [6.07, 6.45) is -0.0699. The molecule has 0 bridgehead atoms. The number of piperidine rings is 1. The second-order valence-electron chi connectivity index (χ2n) is 11.2. The summed E-state index contributed by atoms with van der Waals surface area (Å²) in [4.78, 5) is 31.6. The largest absolute Gasteiger partial charge is 0.444 e. The first kappa shape index (κ1) is 30.0. The monoisotopic (exact) mass is 619 g/mol. The summed E-state index contributed by atoms with van der Waals surface area (Å²) in [5.74, 6) is -0.351. The van der Waals surface area contributed by atoms with Gasteiger partial charge in [0.25, 0.3) is 5.91 Å². The zero-order valence-electron chi connectivity index (χ0n) is 23.2. The van der Waals surface area contributed by atoms with Gasteiger partial charge in [-0.2, -0.15) is 23.3 Å². The molecule has 42 heavy (non-hydrogen) atoms. The number of aromatic nitrogens is 2. The topological polar surface area (TPSA) is 88.8 Å². The molecular formula is C29H29ClF3N5O3S. The van der Waals surface area contributed by atoms with Crippen LogP contribution in [0.3, 0.4) is 0 Å². The predicted octanol–water partition coefficient (Wildman–Crippen LogP) is 6.72. The van der Waals surface area contributed by atoms with Crippen LogP contribution in [0.1, 0.15) is 50.3 Å². The van der Waals surface area contributed by atoms with Crippen molar-refractivity contribution >= 4 is 57.5 Å². The summed E-state index contributed by atoms with van der Waals surface area (Å²) >= 11 is 7.08. The minimum absolute atomic E-state index is 0.0121. The van der Waals surface area contributed by atoms with Crippen molar-refractivity contribution in [3.63, 3.8) is 0 Å². The second kappa shape index (κ2) is 11.6. The smallest absolute Gasteiger partial charge is 0.416 e. The summed E-state index contributed by atoms with van der Waals surface area (Å²) in [6.45, 7) is 6.57. The van der Waals surface area contributed by atoms with Crippen molar-refractivity contribution in [3.8, 4) is 0 Å². The summed E-state index contributed by atoms with van der Waals surface area (Å²) in [7, 11) is 0. The third kappa shape index (κ3) is 7.09. The lowest BCUT2D eigenvalue weighted by Gasteiger charge is -2.34. The molecule has 1 aromatic heterocycles. The van der Waals surface area contributed by atoms with Crippen molar-refractivity contribution in [1.82, 2.24) is 20.0 Å². The van der Waals surface area contributed by atoms with Crippen LogP contribution in [0.5, 0.6) is 0 Å². The molecule has 2 aliphatic rings. The van der Waals surface area contributed by atoms with E-state index < -0.39 is 23.4 Å². The van der Waals surface area contributed by atoms with Crippen molar-refractivity contribution in [2.75, 3.05) is 13.1 Å². The van der Waals surface area contributed by atoms with E-state index in [1.54, 1.807) is 45.2 Å². The van der Waals surface area contributed by atoms with Crippen LogP contribution in [0.2, 0.25) is 5.02 Å². The number of nitrogens with one attached hydrogen (secondary N) is 1. The van der Waals surface area contributed by atoms with E-state index in [0.717, 1.165) is 29.9 Å². The fourth-order valence-corrected chi connectivity index (χ4v) is 5.98. The number of rotatable bonds is 4. The number of nitrogens with zero attached hydrogens (tertiary/aromatic N) is 4. The summed E-state index contributed by atoms with van der Waals surface area (Å²) in [5.41, 5.74) is 0.0554. The first-order valence-electron chi connectivity index (χ1n) is 13.3. The van der Waals surface area contributed by atoms with Gasteiger partial charge in [0.05, 0.1) is 28.7 Å². The Kier molecular flexibility index (Phi) is 8.30. The van der Waals surface area contributed by atoms with Crippen LogP contribution in [0.4, 0.5) is 18.0 Å². The van der Waals surface area contributed by atoms with E-state index in [9.17, 15) is 22.8 Å². The van der Waals surface area contributed by atoms with Gasteiger partial charge in [0, 0.05) is 29.5 Å². The van der Waals surface area contributed by atoms with Gasteiger partial charge in [-0.1, -0.05) is 23.7 Å². The highest BCUT2D eigenvalue weighted by molar-refractivity contribution is 8.18. The number of hydrogen-bond acceptors (Lipinski definition) is 6. The molecule has 2 aliphatic heterocycles. The van der Waals surface area contributed by atoms with Crippen LogP contribution in [0, 0.1) is 0 Å². The number of halogens is 4. The highest BCUT2D eigenvalue weighted by Gasteiger charge is 2.34. The molecule has 1 atom stereocenters. The van der Waals surface area contributed by atoms with E-state index in [1.165, 1.54) is 28.6 Å². The van der Waals surface area contributed by atoms with Crippen molar-refractivity contribution < 1.29 is 27.5 Å². The van der Waals surface area contributed by atoms with Crippen LogP contribution in [-0.4, -0.2) is 56.6 Å². The maximum absolute atomic E-state index is 13.6. The Morgan fingerprint density at radius 1 is 1.21 bits per heavy atom. The van der Waals surface area contributed by atoms with Crippen molar-refractivity contribution in [2.45, 2.75) is 58.0 Å². The molecule has 1 N–H and O–H groups in total. The Morgan fingerprint density at radius 3 is 2.74 bits per heavy atom. The number of amides is 2. The molecular weight excluding hydrogens is 591 g/mol. The van der Waals surface area contributed by atoms with Gasteiger partial charge in [0.2, 0.25) is 0 Å². The summed E-state index contributed by atoms with van der Waals surface area (Å²) in [5, 5.41) is 8.51. The van der Waals surface area contributed by atoms with E-state index >= 15 is 0 Å². The average Bonchev–Trinajstić information content (AvgIpc) is 3.46. The molecule has 5 rings (SSSR count). The van der Waals surface area contributed by atoms with Crippen LogP contribution < -0.4 is 5.32 Å². The van der Waals surface area contributed by atoms with Gasteiger partial charge in [0.1, 0.15) is 5.60 Å². The average molecular weight is 620 g/mol. The van der Waals surface area contributed by atoms with Crippen molar-refractivity contribution in [2.24, 2.45) is 4.99 Å². The molecule has 3 aromatic rings. The number of thioether (sulfide) groups is 1. The third-order valence-electron chi connectivity index (χ3n) is 6.68. The number of alkyl carbamates (subject to hydrolysis) is 1. The maximum atomic E-state index is 13.6. The highest BCUT2D eigenvalue weighted by Crippen LogP contribution is 2.35. The number of amidine groups is 1. The Labute approximate surface area is 249 Å². The SMILES string of the molecule is CC(C)(C)OC(=O)NC1CCCN(C2=NC(=O)C(=Cc3ccc4c(cnn4Cc4ccc(Cl)cc4C(F)(F)F)c3)S2)C1. The maximum Gasteiger partial charge on any atom is 0.416 e. The van der Waals surface area contributed by atoms with Crippen molar-refractivity contribution in [1.29, 1.82) is 0 Å². The number of likely N-dealkylation sites (tertiary alicyclic amines) is 1. The molecule has 8 nitrogen and oxygen atoms in total. The number of alkyl halides is 3. The number of benzene rings is 2. The van der Waals surface area contributed by atoms with Crippen LogP contribution in [0.15, 0.2) is 52.5 Å². The number of aliphatic imine (C=N–C) groups is 1. The fourth-order valence-electron chi connectivity index (χ4n) is 4.86. The minimum Gasteiger partial charge on any atom is -0.444 e. The van der Waals surface area contributed by atoms with Crippen molar-refractivity contribution in [3.05, 3.63) is 69.2 Å². The first-order chi connectivity index (χ1) is 19.7. The van der Waals surface area contributed by atoms with E-state index in [0.29, 0.717) is 28.7 Å². The van der Waals surface area contributed by atoms with E-state index in [-0.39, 0.29) is 29.1 Å². The molecule has 0 saturated carbocycles. The highest BCUT2D eigenvalue weighted by atomic mass is 35.5.